The van der Waals surface area contributed by atoms with Crippen molar-refractivity contribution in [2.24, 2.45) is 0 Å². The standard InChI is InChI=1S/C13H15N3O3S2/c1-9-4-6-11(7-5-9)21(18,19)15-12(17)16(3)13-14-10(2)8-20-13/h4-8H,1-3H3,(H,15,17). The summed E-state index contributed by atoms with van der Waals surface area (Å²) in [5.74, 6) is 0. The summed E-state index contributed by atoms with van der Waals surface area (Å²) < 4.78 is 26.3. The lowest BCUT2D eigenvalue weighted by molar-refractivity contribution is 0.252. The van der Waals surface area contributed by atoms with Crippen LogP contribution in [0.2, 0.25) is 0 Å². The van der Waals surface area contributed by atoms with Crippen molar-refractivity contribution in [1.82, 2.24) is 9.71 Å². The van der Waals surface area contributed by atoms with E-state index in [9.17, 15) is 13.2 Å². The lowest BCUT2D eigenvalue weighted by Gasteiger charge is -2.15. The van der Waals surface area contributed by atoms with Gasteiger partial charge in [0.2, 0.25) is 0 Å². The van der Waals surface area contributed by atoms with Gasteiger partial charge >= 0.3 is 6.03 Å². The number of benzene rings is 1. The highest BCUT2D eigenvalue weighted by molar-refractivity contribution is 7.90. The Morgan fingerprint density at radius 1 is 1.24 bits per heavy atom. The third-order valence-electron chi connectivity index (χ3n) is 2.75. The highest BCUT2D eigenvalue weighted by Crippen LogP contribution is 2.19. The van der Waals surface area contributed by atoms with Crippen molar-refractivity contribution in [3.8, 4) is 0 Å². The zero-order valence-electron chi connectivity index (χ0n) is 11.8. The van der Waals surface area contributed by atoms with Gasteiger partial charge in [-0.2, -0.15) is 0 Å². The van der Waals surface area contributed by atoms with Crippen LogP contribution in [0.3, 0.4) is 0 Å². The van der Waals surface area contributed by atoms with Gasteiger partial charge < -0.3 is 0 Å². The Labute approximate surface area is 127 Å². The van der Waals surface area contributed by atoms with Gasteiger partial charge in [-0.05, 0) is 26.0 Å². The van der Waals surface area contributed by atoms with Gasteiger partial charge in [0, 0.05) is 12.4 Å². The Morgan fingerprint density at radius 2 is 1.86 bits per heavy atom. The number of nitrogens with zero attached hydrogens (tertiary/aromatic N) is 2. The number of hydrogen-bond acceptors (Lipinski definition) is 5. The number of thiazole rings is 1. The fourth-order valence-corrected chi connectivity index (χ4v) is 3.29. The van der Waals surface area contributed by atoms with Gasteiger partial charge in [-0.3, -0.25) is 4.90 Å². The Balaban J connectivity index is 2.16. The minimum atomic E-state index is -3.89. The van der Waals surface area contributed by atoms with Gasteiger partial charge in [-0.25, -0.2) is 22.9 Å². The Kier molecular flexibility index (Phi) is 4.29. The fourth-order valence-electron chi connectivity index (χ4n) is 1.54. The molecule has 8 heteroatoms. The Hall–Kier alpha value is -1.93. The number of sulfonamides is 1. The first-order valence-corrected chi connectivity index (χ1v) is 8.45. The molecule has 0 saturated carbocycles. The number of nitrogens with one attached hydrogen (secondary N) is 1. The molecule has 0 bridgehead atoms. The van der Waals surface area contributed by atoms with Crippen LogP contribution >= 0.6 is 11.3 Å². The van der Waals surface area contributed by atoms with Crippen LogP contribution in [0.15, 0.2) is 34.5 Å². The van der Waals surface area contributed by atoms with E-state index in [1.165, 1.54) is 35.4 Å². The molecule has 0 aliphatic heterocycles. The minimum Gasteiger partial charge on any atom is -0.272 e. The van der Waals surface area contributed by atoms with E-state index in [2.05, 4.69) is 4.98 Å². The van der Waals surface area contributed by atoms with Gasteiger partial charge in [0.15, 0.2) is 5.13 Å². The Bertz CT molecular complexity index is 751. The average Bonchev–Trinajstić information content (AvgIpc) is 2.84. The summed E-state index contributed by atoms with van der Waals surface area (Å²) in [4.78, 5) is 17.4. The predicted molar refractivity (Wildman–Crippen MR) is 82.2 cm³/mol. The van der Waals surface area contributed by atoms with Crippen LogP contribution in [0, 0.1) is 13.8 Å². The van der Waals surface area contributed by atoms with Crippen LogP contribution in [-0.4, -0.2) is 26.5 Å². The van der Waals surface area contributed by atoms with Gasteiger partial charge in [0.25, 0.3) is 10.0 Å². The number of carbonyl (C=O) groups is 1. The number of carbonyl (C=O) groups excluding carboxylic acids is 1. The number of anilines is 1. The molecule has 0 atom stereocenters. The maximum atomic E-state index is 12.1. The van der Waals surface area contributed by atoms with Crippen molar-refractivity contribution in [2.45, 2.75) is 18.7 Å². The first-order valence-electron chi connectivity index (χ1n) is 6.09. The maximum absolute atomic E-state index is 12.1. The van der Waals surface area contributed by atoms with Gasteiger partial charge in [-0.1, -0.05) is 17.7 Å². The number of amides is 2. The molecular formula is C13H15N3O3S2. The lowest BCUT2D eigenvalue weighted by Crippen LogP contribution is -2.40. The third-order valence-corrected chi connectivity index (χ3v) is 5.12. The smallest absolute Gasteiger partial charge is 0.272 e. The summed E-state index contributed by atoms with van der Waals surface area (Å²) >= 11 is 1.27. The molecule has 2 rings (SSSR count). The molecule has 1 aromatic heterocycles. The molecule has 0 fully saturated rings. The first-order chi connectivity index (χ1) is 9.79. The summed E-state index contributed by atoms with van der Waals surface area (Å²) in [6.45, 7) is 3.66. The zero-order valence-corrected chi connectivity index (χ0v) is 13.5. The lowest BCUT2D eigenvalue weighted by atomic mass is 10.2. The topological polar surface area (TPSA) is 79.4 Å². The molecule has 21 heavy (non-hydrogen) atoms. The number of aromatic nitrogens is 1. The van der Waals surface area contributed by atoms with Crippen molar-refractivity contribution in [3.05, 3.63) is 40.9 Å². The first kappa shape index (κ1) is 15.5. The molecule has 0 aliphatic rings. The van der Waals surface area contributed by atoms with Crippen LogP contribution in [0.4, 0.5) is 9.93 Å². The number of rotatable bonds is 3. The van der Waals surface area contributed by atoms with Crippen molar-refractivity contribution >= 4 is 32.5 Å². The van der Waals surface area contributed by atoms with Gasteiger partial charge in [0.1, 0.15) is 0 Å². The average molecular weight is 325 g/mol. The van der Waals surface area contributed by atoms with E-state index in [4.69, 9.17) is 0 Å². The van der Waals surface area contributed by atoms with E-state index in [-0.39, 0.29) is 4.90 Å². The van der Waals surface area contributed by atoms with Crippen LogP contribution in [0.5, 0.6) is 0 Å². The Morgan fingerprint density at radius 3 is 2.38 bits per heavy atom. The van der Waals surface area contributed by atoms with Crippen molar-refractivity contribution < 1.29 is 13.2 Å². The zero-order chi connectivity index (χ0) is 15.6. The molecular weight excluding hydrogens is 310 g/mol. The number of urea groups is 1. The fraction of sp³-hybridized carbons (Fsp3) is 0.231. The van der Waals surface area contributed by atoms with E-state index in [0.29, 0.717) is 5.13 Å². The van der Waals surface area contributed by atoms with E-state index in [1.807, 2.05) is 11.6 Å². The van der Waals surface area contributed by atoms with E-state index in [1.54, 1.807) is 24.4 Å². The highest BCUT2D eigenvalue weighted by atomic mass is 32.2. The largest absolute Gasteiger partial charge is 0.337 e. The van der Waals surface area contributed by atoms with E-state index in [0.717, 1.165) is 11.3 Å². The summed E-state index contributed by atoms with van der Waals surface area (Å²) in [5.41, 5.74) is 1.71. The van der Waals surface area contributed by atoms with Crippen molar-refractivity contribution in [3.63, 3.8) is 0 Å². The molecule has 2 amide bonds. The second-order valence-electron chi connectivity index (χ2n) is 4.55. The normalized spacial score (nSPS) is 11.2. The molecule has 1 N–H and O–H groups in total. The maximum Gasteiger partial charge on any atom is 0.337 e. The van der Waals surface area contributed by atoms with E-state index < -0.39 is 16.1 Å². The highest BCUT2D eigenvalue weighted by Gasteiger charge is 2.22. The predicted octanol–water partition coefficient (Wildman–Crippen LogP) is 2.29. The molecule has 0 unspecified atom stereocenters. The monoisotopic (exact) mass is 325 g/mol. The summed E-state index contributed by atoms with van der Waals surface area (Å²) in [7, 11) is -2.42. The van der Waals surface area contributed by atoms with Crippen LogP contribution < -0.4 is 9.62 Å². The van der Waals surface area contributed by atoms with Crippen LogP contribution in [-0.2, 0) is 10.0 Å². The second kappa shape index (κ2) is 5.82. The number of aryl methyl sites for hydroxylation is 2. The molecule has 2 aromatic rings. The molecule has 1 aromatic carbocycles. The van der Waals surface area contributed by atoms with E-state index >= 15 is 0 Å². The summed E-state index contributed by atoms with van der Waals surface area (Å²) in [5, 5.41) is 2.22. The van der Waals surface area contributed by atoms with Crippen LogP contribution in [0.1, 0.15) is 11.3 Å². The number of hydrogen-bond donors (Lipinski definition) is 1. The molecule has 112 valence electrons. The van der Waals surface area contributed by atoms with Gasteiger partial charge in [-0.15, -0.1) is 11.3 Å². The second-order valence-corrected chi connectivity index (χ2v) is 7.07. The van der Waals surface area contributed by atoms with Crippen molar-refractivity contribution in [2.75, 3.05) is 11.9 Å². The molecule has 0 radical (unpaired) electrons. The molecule has 6 nitrogen and oxygen atoms in total. The minimum absolute atomic E-state index is 0.0465. The molecule has 0 spiro atoms. The van der Waals surface area contributed by atoms with Crippen molar-refractivity contribution in [1.29, 1.82) is 0 Å². The van der Waals surface area contributed by atoms with Crippen LogP contribution in [0.25, 0.3) is 0 Å². The summed E-state index contributed by atoms with van der Waals surface area (Å²) in [6.07, 6.45) is 0. The summed E-state index contributed by atoms with van der Waals surface area (Å²) in [6, 6.07) is 5.52. The third kappa shape index (κ3) is 3.59. The molecule has 1 heterocycles. The SMILES string of the molecule is Cc1ccc(S(=O)(=O)NC(=O)N(C)c2nc(C)cs2)cc1. The molecule has 0 aliphatic carbocycles. The molecule has 0 saturated heterocycles. The van der Waals surface area contributed by atoms with Gasteiger partial charge in [0.05, 0.1) is 10.6 Å². The quantitative estimate of drug-likeness (QED) is 0.939.